The Bertz CT molecular complexity index is 18.5. The molecule has 4 heavy (non-hydrogen) atoms. The minimum atomic E-state index is 2.61. The molecule has 24 valence electrons. The third-order valence-corrected chi connectivity index (χ3v) is 0.131. The fourth-order valence-corrected chi connectivity index (χ4v) is 0. The molecule has 0 radical (unpaired) electrons. The molecule has 0 unspecified atom stereocenters. The molecular formula is H2ClN3. The van der Waals surface area contributed by atoms with Gasteiger partial charge < -0.3 is 5.84 Å². The second-order valence-electron chi connectivity index (χ2n) is 0.191. The first kappa shape index (κ1) is 3.69. The van der Waals surface area contributed by atoms with E-state index in [1.165, 1.54) is 0 Å². The molecule has 4 heteroatoms. The Balaban J connectivity index is 2.55. The number of halogens is 1. The summed E-state index contributed by atoms with van der Waals surface area (Å²) in [4.78, 5) is 0. The van der Waals surface area contributed by atoms with E-state index < -0.39 is 0 Å². The molecular weight excluding hydrogens is 77.5 g/mol. The summed E-state index contributed by atoms with van der Waals surface area (Å²) in [7, 11) is 0. The van der Waals surface area contributed by atoms with Crippen molar-refractivity contribution in [2.75, 3.05) is 0 Å². The highest BCUT2D eigenvalue weighted by molar-refractivity contribution is 6.13. The van der Waals surface area contributed by atoms with Crippen LogP contribution in [-0.4, -0.2) is 0 Å². The summed E-state index contributed by atoms with van der Waals surface area (Å²) < 4.78 is 2.61. The summed E-state index contributed by atoms with van der Waals surface area (Å²) in [6.45, 7) is 0. The number of nitrogens with zero attached hydrogens (tertiary/aromatic N) is 2. The van der Waals surface area contributed by atoms with Crippen LogP contribution in [0.4, 0.5) is 0 Å². The van der Waals surface area contributed by atoms with Gasteiger partial charge in [0.25, 0.3) is 0 Å². The maximum absolute atomic E-state index is 4.52. The van der Waals surface area contributed by atoms with Gasteiger partial charge in [-0.05, 0) is 0 Å². The summed E-state index contributed by atoms with van der Waals surface area (Å²) in [5.41, 5.74) is 0. The van der Waals surface area contributed by atoms with Gasteiger partial charge in [0.05, 0.1) is 11.8 Å². The molecule has 2 N–H and O–H groups in total. The van der Waals surface area contributed by atoms with Crippen molar-refractivity contribution in [3.63, 3.8) is 0 Å². The van der Waals surface area contributed by atoms with Gasteiger partial charge in [-0.25, -0.2) is 0 Å². The first-order valence-electron chi connectivity index (χ1n) is 0.627. The largest absolute Gasteiger partial charge is 0.304 e. The van der Waals surface area contributed by atoms with Crippen molar-refractivity contribution in [3.8, 4) is 0 Å². The van der Waals surface area contributed by atoms with Crippen molar-refractivity contribution in [2.45, 2.75) is 0 Å². The van der Waals surface area contributed by atoms with Crippen molar-refractivity contribution in [2.24, 2.45) is 15.7 Å². The van der Waals surface area contributed by atoms with Crippen LogP contribution in [0, 0.1) is 0 Å². The molecule has 0 aromatic carbocycles. The Morgan fingerprint density at radius 1 is 1.75 bits per heavy atom. The lowest BCUT2D eigenvalue weighted by molar-refractivity contribution is 1.11. The van der Waals surface area contributed by atoms with E-state index in [-0.39, 0.29) is 0 Å². The van der Waals surface area contributed by atoms with Crippen LogP contribution in [0.2, 0.25) is 0 Å². The second kappa shape index (κ2) is 2.69. The molecule has 0 aliphatic rings. The molecule has 0 aromatic rings. The van der Waals surface area contributed by atoms with E-state index in [4.69, 9.17) is 0 Å². The highest BCUT2D eigenvalue weighted by Gasteiger charge is 1.35. The third-order valence-electron chi connectivity index (χ3n) is 0.0436. The van der Waals surface area contributed by atoms with E-state index in [0.29, 0.717) is 0 Å². The van der Waals surface area contributed by atoms with E-state index in [9.17, 15) is 0 Å². The zero-order valence-electron chi connectivity index (χ0n) is 1.85. The van der Waals surface area contributed by atoms with Crippen molar-refractivity contribution >= 4 is 11.8 Å². The lowest BCUT2D eigenvalue weighted by Crippen LogP contribution is -1.68. The average molecular weight is 79.5 g/mol. The summed E-state index contributed by atoms with van der Waals surface area (Å²) >= 11 is 4.52. The zero-order valence-corrected chi connectivity index (χ0v) is 2.61. The van der Waals surface area contributed by atoms with Gasteiger partial charge in [0.2, 0.25) is 0 Å². The van der Waals surface area contributed by atoms with Crippen molar-refractivity contribution in [3.05, 3.63) is 0 Å². The molecule has 0 aliphatic heterocycles. The topological polar surface area (TPSA) is 50.7 Å². The van der Waals surface area contributed by atoms with Crippen LogP contribution >= 0.6 is 11.8 Å². The molecule has 0 rings (SSSR count). The molecule has 0 bridgehead atoms. The van der Waals surface area contributed by atoms with E-state index in [1.54, 1.807) is 0 Å². The number of hydrogen-bond donors (Lipinski definition) is 1. The summed E-state index contributed by atoms with van der Waals surface area (Å²) in [5.74, 6) is 4.35. The molecule has 0 aliphatic carbocycles. The highest BCUT2D eigenvalue weighted by atomic mass is 35.5. The monoisotopic (exact) mass is 79.0 g/mol. The second-order valence-corrected chi connectivity index (χ2v) is 0.342. The van der Waals surface area contributed by atoms with Crippen molar-refractivity contribution in [1.82, 2.24) is 0 Å². The summed E-state index contributed by atoms with van der Waals surface area (Å²) in [5, 5.41) is 2.63. The van der Waals surface area contributed by atoms with Crippen LogP contribution in [0.25, 0.3) is 0 Å². The third kappa shape index (κ3) is 1.69. The SMILES string of the molecule is N/N=N/Cl. The molecule has 0 atom stereocenters. The highest BCUT2D eigenvalue weighted by Crippen LogP contribution is 1.66. The van der Waals surface area contributed by atoms with E-state index in [0.717, 1.165) is 0 Å². The smallest absolute Gasteiger partial charge is 0.0621 e. The standard InChI is InChI=1S/ClH2N3/c1-3-4-2/h(H2,2,3). The van der Waals surface area contributed by atoms with Gasteiger partial charge in [0.15, 0.2) is 0 Å². The van der Waals surface area contributed by atoms with Gasteiger partial charge in [-0.1, -0.05) is 9.86 Å². The number of nitrogens with two attached hydrogens (primary N) is 1. The van der Waals surface area contributed by atoms with Crippen molar-refractivity contribution < 1.29 is 0 Å². The predicted octanol–water partition coefficient (Wildman–Crippen LogP) is 0.466. The molecule has 0 amide bonds. The molecule has 0 aromatic heterocycles. The van der Waals surface area contributed by atoms with Crippen LogP contribution in [0.15, 0.2) is 9.86 Å². The van der Waals surface area contributed by atoms with Gasteiger partial charge in [-0.2, -0.15) is 0 Å². The number of rotatable bonds is 0. The first-order chi connectivity index (χ1) is 1.91. The van der Waals surface area contributed by atoms with Crippen LogP contribution < -0.4 is 5.84 Å². The molecule has 0 heterocycles. The van der Waals surface area contributed by atoms with Crippen molar-refractivity contribution in [1.29, 1.82) is 0 Å². The Labute approximate surface area is 28.5 Å². The minimum absolute atomic E-state index is 2.61. The first-order valence-corrected chi connectivity index (χ1v) is 0.965. The summed E-state index contributed by atoms with van der Waals surface area (Å²) in [6.07, 6.45) is 0. The van der Waals surface area contributed by atoms with Gasteiger partial charge in [0.1, 0.15) is 0 Å². The lowest BCUT2D eigenvalue weighted by Gasteiger charge is -1.51. The quantitative estimate of drug-likeness (QED) is 0.256. The maximum atomic E-state index is 4.52. The Morgan fingerprint density at radius 2 is 2.00 bits per heavy atom. The van der Waals surface area contributed by atoms with Gasteiger partial charge in [-0.15, -0.1) is 0 Å². The molecule has 0 spiro atoms. The average Bonchev–Trinajstić information content (AvgIpc) is 1.37. The van der Waals surface area contributed by atoms with Crippen LogP contribution in [-0.2, 0) is 0 Å². The predicted molar refractivity (Wildman–Crippen MR) is 14.9 cm³/mol. The molecule has 0 saturated heterocycles. The van der Waals surface area contributed by atoms with Gasteiger partial charge >= 0.3 is 0 Å². The Morgan fingerprint density at radius 3 is 2.00 bits per heavy atom. The van der Waals surface area contributed by atoms with Crippen LogP contribution in [0.1, 0.15) is 0 Å². The minimum Gasteiger partial charge on any atom is -0.304 e. The van der Waals surface area contributed by atoms with Gasteiger partial charge in [-0.3, -0.25) is 0 Å². The fraction of sp³-hybridized carbons (Fsp3) is 0. The Kier molecular flexibility index (Phi) is 2.48. The van der Waals surface area contributed by atoms with Gasteiger partial charge in [0, 0.05) is 0 Å². The number of hydrogen-bond acceptors (Lipinski definition) is 2. The van der Waals surface area contributed by atoms with Crippen LogP contribution in [0.5, 0.6) is 0 Å². The normalized spacial score (nSPS) is 9.25. The van der Waals surface area contributed by atoms with Crippen LogP contribution in [0.3, 0.4) is 0 Å². The zero-order chi connectivity index (χ0) is 3.41. The molecule has 0 fully saturated rings. The van der Waals surface area contributed by atoms with E-state index >= 15 is 0 Å². The Hall–Kier alpha value is -0.310. The maximum Gasteiger partial charge on any atom is 0.0621 e. The summed E-state index contributed by atoms with van der Waals surface area (Å²) in [6, 6.07) is 0. The fourth-order valence-electron chi connectivity index (χ4n) is 0. The molecule has 3 nitrogen and oxygen atoms in total. The molecule has 0 saturated carbocycles. The van der Waals surface area contributed by atoms with E-state index in [1.807, 2.05) is 0 Å². The lowest BCUT2D eigenvalue weighted by atomic mass is 12.8. The van der Waals surface area contributed by atoms with E-state index in [2.05, 4.69) is 27.5 Å².